The summed E-state index contributed by atoms with van der Waals surface area (Å²) in [6.45, 7) is 2.55. The SMILES string of the molecule is O=C(CN1CCN(c2ncc(C(F)(F)F)s2)CC1)Nc1ccccc1. The minimum Gasteiger partial charge on any atom is -0.346 e. The molecule has 1 saturated heterocycles. The van der Waals surface area contributed by atoms with Gasteiger partial charge in [0.15, 0.2) is 5.13 Å². The predicted octanol–water partition coefficient (Wildman–Crippen LogP) is 2.92. The maximum absolute atomic E-state index is 12.7. The fourth-order valence-corrected chi connectivity index (χ4v) is 3.40. The van der Waals surface area contributed by atoms with E-state index in [4.69, 9.17) is 0 Å². The lowest BCUT2D eigenvalue weighted by atomic mass is 10.3. The summed E-state index contributed by atoms with van der Waals surface area (Å²) >= 11 is 0.655. The molecule has 9 heteroatoms. The standard InChI is InChI=1S/C16H17F3N4OS/c17-16(18,19)13-10-20-15(25-13)23-8-6-22(7-9-23)11-14(24)21-12-4-2-1-3-5-12/h1-5,10H,6-9,11H2,(H,21,24). The molecule has 2 heterocycles. The van der Waals surface area contributed by atoms with Crippen molar-refractivity contribution in [3.8, 4) is 0 Å². The van der Waals surface area contributed by atoms with Gasteiger partial charge in [-0.25, -0.2) is 4.98 Å². The Hall–Kier alpha value is -2.13. The molecule has 0 spiro atoms. The second-order valence-corrected chi connectivity index (χ2v) is 6.69. The van der Waals surface area contributed by atoms with Gasteiger partial charge in [-0.15, -0.1) is 0 Å². The molecule has 2 aromatic rings. The highest BCUT2D eigenvalue weighted by atomic mass is 32.1. The van der Waals surface area contributed by atoms with Crippen LogP contribution in [0.5, 0.6) is 0 Å². The minimum absolute atomic E-state index is 0.103. The van der Waals surface area contributed by atoms with Crippen LogP contribution in [0.25, 0.3) is 0 Å². The third kappa shape index (κ3) is 4.70. The van der Waals surface area contributed by atoms with Crippen LogP contribution >= 0.6 is 11.3 Å². The number of aromatic nitrogens is 1. The molecule has 1 amide bonds. The highest BCUT2D eigenvalue weighted by Crippen LogP contribution is 2.36. The summed E-state index contributed by atoms with van der Waals surface area (Å²) in [6.07, 6.45) is -3.48. The first-order valence-electron chi connectivity index (χ1n) is 7.77. The Balaban J connectivity index is 1.48. The fraction of sp³-hybridized carbons (Fsp3) is 0.375. The molecule has 1 aromatic carbocycles. The number of alkyl halides is 3. The smallest absolute Gasteiger partial charge is 0.346 e. The average Bonchev–Trinajstić information content (AvgIpc) is 3.07. The number of halogens is 3. The lowest BCUT2D eigenvalue weighted by Crippen LogP contribution is -2.48. The van der Waals surface area contributed by atoms with E-state index >= 15 is 0 Å². The first-order valence-corrected chi connectivity index (χ1v) is 8.59. The summed E-state index contributed by atoms with van der Waals surface area (Å²) in [5.41, 5.74) is 0.744. The minimum atomic E-state index is -4.35. The molecule has 25 heavy (non-hydrogen) atoms. The second kappa shape index (κ2) is 7.40. The highest BCUT2D eigenvalue weighted by Gasteiger charge is 2.34. The largest absolute Gasteiger partial charge is 0.427 e. The van der Waals surface area contributed by atoms with Gasteiger partial charge >= 0.3 is 6.18 Å². The maximum Gasteiger partial charge on any atom is 0.427 e. The van der Waals surface area contributed by atoms with Crippen molar-refractivity contribution < 1.29 is 18.0 Å². The molecular weight excluding hydrogens is 353 g/mol. The zero-order valence-electron chi connectivity index (χ0n) is 13.3. The normalized spacial score (nSPS) is 16.0. The molecule has 0 bridgehead atoms. The third-order valence-electron chi connectivity index (χ3n) is 3.84. The van der Waals surface area contributed by atoms with E-state index in [9.17, 15) is 18.0 Å². The summed E-state index contributed by atoms with van der Waals surface area (Å²) < 4.78 is 38.0. The summed E-state index contributed by atoms with van der Waals surface area (Å²) in [5, 5.41) is 3.20. The molecule has 1 aliphatic rings. The van der Waals surface area contributed by atoms with Crippen LogP contribution in [0.2, 0.25) is 0 Å². The van der Waals surface area contributed by atoms with Crippen molar-refractivity contribution in [1.29, 1.82) is 0 Å². The third-order valence-corrected chi connectivity index (χ3v) is 4.94. The van der Waals surface area contributed by atoms with Crippen LogP contribution in [0.1, 0.15) is 4.88 Å². The van der Waals surface area contributed by atoms with Gasteiger partial charge in [-0.2, -0.15) is 13.2 Å². The number of rotatable bonds is 4. The van der Waals surface area contributed by atoms with Crippen molar-refractivity contribution in [3.63, 3.8) is 0 Å². The molecule has 0 atom stereocenters. The van der Waals surface area contributed by atoms with Gasteiger partial charge in [0.25, 0.3) is 0 Å². The van der Waals surface area contributed by atoms with Crippen LogP contribution in [0.3, 0.4) is 0 Å². The monoisotopic (exact) mass is 370 g/mol. The molecule has 3 rings (SSSR count). The number of piperazine rings is 1. The molecule has 1 N–H and O–H groups in total. The van der Waals surface area contributed by atoms with E-state index in [1.54, 1.807) is 0 Å². The van der Waals surface area contributed by atoms with Gasteiger partial charge in [0.05, 0.1) is 12.7 Å². The van der Waals surface area contributed by atoms with Crippen molar-refractivity contribution in [2.45, 2.75) is 6.18 Å². The molecular formula is C16H17F3N4OS. The number of thiazole rings is 1. The highest BCUT2D eigenvalue weighted by molar-refractivity contribution is 7.15. The number of amides is 1. The molecule has 0 saturated carbocycles. The topological polar surface area (TPSA) is 48.5 Å². The van der Waals surface area contributed by atoms with Crippen LogP contribution in [0.4, 0.5) is 24.0 Å². The molecule has 134 valence electrons. The van der Waals surface area contributed by atoms with Crippen LogP contribution in [0.15, 0.2) is 36.5 Å². The van der Waals surface area contributed by atoms with Crippen molar-refractivity contribution in [2.75, 3.05) is 42.9 Å². The van der Waals surface area contributed by atoms with Gasteiger partial charge in [-0.05, 0) is 12.1 Å². The van der Waals surface area contributed by atoms with E-state index in [2.05, 4.69) is 10.3 Å². The number of nitrogens with one attached hydrogen (secondary N) is 1. The summed E-state index contributed by atoms with van der Waals surface area (Å²) in [4.78, 5) is 19.0. The van der Waals surface area contributed by atoms with Gasteiger partial charge in [0.1, 0.15) is 4.88 Å². The number of anilines is 2. The molecule has 1 aliphatic heterocycles. The van der Waals surface area contributed by atoms with Crippen LogP contribution in [-0.4, -0.2) is 48.5 Å². The Kier molecular flexibility index (Phi) is 5.24. The quantitative estimate of drug-likeness (QED) is 0.899. The Morgan fingerprint density at radius 2 is 1.84 bits per heavy atom. The van der Waals surface area contributed by atoms with E-state index in [0.29, 0.717) is 42.6 Å². The van der Waals surface area contributed by atoms with Gasteiger partial charge in [0, 0.05) is 31.9 Å². The van der Waals surface area contributed by atoms with Gasteiger partial charge in [-0.3, -0.25) is 9.69 Å². The Morgan fingerprint density at radius 1 is 1.16 bits per heavy atom. The Morgan fingerprint density at radius 3 is 2.44 bits per heavy atom. The lowest BCUT2D eigenvalue weighted by molar-refractivity contribution is -0.134. The predicted molar refractivity (Wildman–Crippen MR) is 90.8 cm³/mol. The number of hydrogen-bond acceptors (Lipinski definition) is 5. The average molecular weight is 370 g/mol. The molecule has 0 aliphatic carbocycles. The molecule has 5 nitrogen and oxygen atoms in total. The first kappa shape index (κ1) is 17.7. The number of benzene rings is 1. The molecule has 0 radical (unpaired) electrons. The summed E-state index contributed by atoms with van der Waals surface area (Å²) in [7, 11) is 0. The number of carbonyl (C=O) groups is 1. The summed E-state index contributed by atoms with van der Waals surface area (Å²) in [5.74, 6) is -0.103. The van der Waals surface area contributed by atoms with Gasteiger partial charge in [0.2, 0.25) is 5.91 Å². The zero-order chi connectivity index (χ0) is 17.9. The van der Waals surface area contributed by atoms with Crippen molar-refractivity contribution >= 4 is 28.1 Å². The Bertz CT molecular complexity index is 712. The van der Waals surface area contributed by atoms with E-state index < -0.39 is 11.1 Å². The number of nitrogens with zero attached hydrogens (tertiary/aromatic N) is 3. The zero-order valence-corrected chi connectivity index (χ0v) is 14.1. The van der Waals surface area contributed by atoms with Gasteiger partial charge in [-0.1, -0.05) is 29.5 Å². The Labute approximate surface area is 147 Å². The number of carbonyl (C=O) groups excluding carboxylic acids is 1. The van der Waals surface area contributed by atoms with E-state index in [0.717, 1.165) is 11.9 Å². The van der Waals surface area contributed by atoms with E-state index in [1.807, 2.05) is 40.1 Å². The molecule has 0 unspecified atom stereocenters. The molecule has 1 aromatic heterocycles. The first-order chi connectivity index (χ1) is 11.9. The van der Waals surface area contributed by atoms with Crippen LogP contribution in [0, 0.1) is 0 Å². The lowest BCUT2D eigenvalue weighted by Gasteiger charge is -2.34. The van der Waals surface area contributed by atoms with Crippen molar-refractivity contribution in [3.05, 3.63) is 41.4 Å². The van der Waals surface area contributed by atoms with Crippen LogP contribution in [-0.2, 0) is 11.0 Å². The number of para-hydroxylation sites is 1. The second-order valence-electron chi connectivity index (χ2n) is 5.68. The summed E-state index contributed by atoms with van der Waals surface area (Å²) in [6, 6.07) is 9.19. The van der Waals surface area contributed by atoms with Crippen LogP contribution < -0.4 is 10.2 Å². The van der Waals surface area contributed by atoms with Crippen molar-refractivity contribution in [2.24, 2.45) is 0 Å². The number of hydrogen-bond donors (Lipinski definition) is 1. The maximum atomic E-state index is 12.7. The van der Waals surface area contributed by atoms with E-state index in [1.165, 1.54) is 0 Å². The fourth-order valence-electron chi connectivity index (χ4n) is 2.56. The van der Waals surface area contributed by atoms with E-state index in [-0.39, 0.29) is 12.5 Å². The molecule has 1 fully saturated rings. The van der Waals surface area contributed by atoms with Crippen molar-refractivity contribution in [1.82, 2.24) is 9.88 Å². The van der Waals surface area contributed by atoms with Gasteiger partial charge < -0.3 is 10.2 Å².